The summed E-state index contributed by atoms with van der Waals surface area (Å²) in [5.74, 6) is 1.47. The Labute approximate surface area is 128 Å². The normalized spacial score (nSPS) is 10.4. The van der Waals surface area contributed by atoms with E-state index in [1.54, 1.807) is 0 Å². The van der Waals surface area contributed by atoms with Crippen LogP contribution in [0.1, 0.15) is 24.6 Å². The van der Waals surface area contributed by atoms with Crippen molar-refractivity contribution in [1.29, 1.82) is 0 Å². The Bertz CT molecular complexity index is 598. The number of halogens is 1. The first-order valence-corrected chi connectivity index (χ1v) is 7.50. The minimum absolute atomic E-state index is 0.616. The van der Waals surface area contributed by atoms with Crippen molar-refractivity contribution in [3.8, 4) is 0 Å². The first-order chi connectivity index (χ1) is 9.58. The largest absolute Gasteiger partial charge is 0.370 e. The molecule has 2 N–H and O–H groups in total. The van der Waals surface area contributed by atoms with E-state index in [2.05, 4.69) is 56.4 Å². The van der Waals surface area contributed by atoms with Gasteiger partial charge in [-0.15, -0.1) is 0 Å². The highest BCUT2D eigenvalue weighted by Gasteiger charge is 2.03. The quantitative estimate of drug-likeness (QED) is 0.849. The molecule has 0 aliphatic carbocycles. The number of benzene rings is 1. The predicted octanol–water partition coefficient (Wildman–Crippen LogP) is 4.42. The second-order valence-electron chi connectivity index (χ2n) is 4.73. The van der Waals surface area contributed by atoms with E-state index in [1.165, 1.54) is 5.56 Å². The van der Waals surface area contributed by atoms with Gasteiger partial charge in [0.1, 0.15) is 5.82 Å². The standard InChI is InChI=1S/C15H19BrN4/c1-4-7-17-14-9-11(3)18-15(20-14)19-12-5-6-13(16)10(2)8-12/h5-6,8-9H,4,7H2,1-3H3,(H2,17,18,19,20). The summed E-state index contributed by atoms with van der Waals surface area (Å²) in [5.41, 5.74) is 3.10. The molecule has 1 heterocycles. The van der Waals surface area contributed by atoms with Crippen molar-refractivity contribution in [2.45, 2.75) is 27.2 Å². The lowest BCUT2D eigenvalue weighted by Gasteiger charge is -2.10. The average Bonchev–Trinajstić information content (AvgIpc) is 2.40. The molecule has 0 radical (unpaired) electrons. The van der Waals surface area contributed by atoms with Gasteiger partial charge in [-0.1, -0.05) is 22.9 Å². The van der Waals surface area contributed by atoms with Gasteiger partial charge in [0.25, 0.3) is 0 Å². The highest BCUT2D eigenvalue weighted by atomic mass is 79.9. The highest BCUT2D eigenvalue weighted by Crippen LogP contribution is 2.22. The fourth-order valence-electron chi connectivity index (χ4n) is 1.82. The smallest absolute Gasteiger partial charge is 0.229 e. The van der Waals surface area contributed by atoms with Crippen molar-refractivity contribution < 1.29 is 0 Å². The zero-order valence-corrected chi connectivity index (χ0v) is 13.6. The second-order valence-corrected chi connectivity index (χ2v) is 5.59. The van der Waals surface area contributed by atoms with Crippen LogP contribution in [-0.4, -0.2) is 16.5 Å². The minimum Gasteiger partial charge on any atom is -0.370 e. The molecular weight excluding hydrogens is 316 g/mol. The number of anilines is 3. The number of hydrogen-bond donors (Lipinski definition) is 2. The predicted molar refractivity (Wildman–Crippen MR) is 87.7 cm³/mol. The Kier molecular flexibility index (Phi) is 4.95. The summed E-state index contributed by atoms with van der Waals surface area (Å²) in [6.07, 6.45) is 1.07. The van der Waals surface area contributed by atoms with Crippen LogP contribution in [0.3, 0.4) is 0 Å². The van der Waals surface area contributed by atoms with Gasteiger partial charge in [0.05, 0.1) is 0 Å². The Morgan fingerprint density at radius 1 is 1.15 bits per heavy atom. The molecule has 106 valence electrons. The van der Waals surface area contributed by atoms with Crippen LogP contribution in [-0.2, 0) is 0 Å². The molecule has 0 amide bonds. The van der Waals surface area contributed by atoms with Crippen molar-refractivity contribution in [2.75, 3.05) is 17.2 Å². The number of hydrogen-bond acceptors (Lipinski definition) is 4. The van der Waals surface area contributed by atoms with E-state index in [9.17, 15) is 0 Å². The van der Waals surface area contributed by atoms with Crippen LogP contribution in [0.4, 0.5) is 17.5 Å². The molecule has 20 heavy (non-hydrogen) atoms. The third-order valence-corrected chi connectivity index (χ3v) is 3.71. The highest BCUT2D eigenvalue weighted by molar-refractivity contribution is 9.10. The molecule has 0 bridgehead atoms. The molecule has 4 nitrogen and oxygen atoms in total. The van der Waals surface area contributed by atoms with E-state index >= 15 is 0 Å². The van der Waals surface area contributed by atoms with Crippen molar-refractivity contribution in [1.82, 2.24) is 9.97 Å². The third-order valence-electron chi connectivity index (χ3n) is 2.82. The van der Waals surface area contributed by atoms with E-state index < -0.39 is 0 Å². The Morgan fingerprint density at radius 3 is 2.65 bits per heavy atom. The van der Waals surface area contributed by atoms with Gasteiger partial charge in [-0.2, -0.15) is 4.98 Å². The van der Waals surface area contributed by atoms with Crippen LogP contribution in [0.2, 0.25) is 0 Å². The molecule has 0 fully saturated rings. The topological polar surface area (TPSA) is 49.8 Å². The molecule has 0 atom stereocenters. The summed E-state index contributed by atoms with van der Waals surface area (Å²) in [4.78, 5) is 8.89. The second kappa shape index (κ2) is 6.70. The third kappa shape index (κ3) is 3.93. The zero-order chi connectivity index (χ0) is 14.5. The maximum Gasteiger partial charge on any atom is 0.229 e. The maximum absolute atomic E-state index is 4.47. The lowest BCUT2D eigenvalue weighted by molar-refractivity contribution is 0.962. The van der Waals surface area contributed by atoms with E-state index in [0.717, 1.165) is 34.6 Å². The van der Waals surface area contributed by atoms with Crippen molar-refractivity contribution >= 4 is 33.4 Å². The number of aryl methyl sites for hydroxylation is 2. The van der Waals surface area contributed by atoms with Gasteiger partial charge >= 0.3 is 0 Å². The molecule has 0 saturated carbocycles. The van der Waals surface area contributed by atoms with Crippen LogP contribution >= 0.6 is 15.9 Å². The fourth-order valence-corrected chi connectivity index (χ4v) is 2.07. The molecule has 1 aromatic heterocycles. The molecule has 1 aromatic carbocycles. The van der Waals surface area contributed by atoms with Gasteiger partial charge in [0.2, 0.25) is 5.95 Å². The first-order valence-electron chi connectivity index (χ1n) is 6.71. The fraction of sp³-hybridized carbons (Fsp3) is 0.333. The van der Waals surface area contributed by atoms with Gasteiger partial charge in [0.15, 0.2) is 0 Å². The first kappa shape index (κ1) is 14.8. The van der Waals surface area contributed by atoms with Crippen LogP contribution in [0.15, 0.2) is 28.7 Å². The lowest BCUT2D eigenvalue weighted by Crippen LogP contribution is -2.06. The molecule has 2 rings (SSSR count). The average molecular weight is 335 g/mol. The molecule has 0 spiro atoms. The Morgan fingerprint density at radius 2 is 1.95 bits per heavy atom. The Balaban J connectivity index is 2.19. The molecule has 0 aliphatic heterocycles. The zero-order valence-electron chi connectivity index (χ0n) is 12.0. The number of nitrogens with one attached hydrogen (secondary N) is 2. The van der Waals surface area contributed by atoms with Crippen LogP contribution in [0.5, 0.6) is 0 Å². The SMILES string of the molecule is CCCNc1cc(C)nc(Nc2ccc(Br)c(C)c2)n1. The molecule has 0 unspecified atom stereocenters. The van der Waals surface area contributed by atoms with Gasteiger partial charge in [-0.25, -0.2) is 4.98 Å². The monoisotopic (exact) mass is 334 g/mol. The molecule has 0 saturated heterocycles. The van der Waals surface area contributed by atoms with Crippen molar-refractivity contribution in [2.24, 2.45) is 0 Å². The van der Waals surface area contributed by atoms with E-state index in [0.29, 0.717) is 5.95 Å². The van der Waals surface area contributed by atoms with Gasteiger partial charge in [-0.3, -0.25) is 0 Å². The van der Waals surface area contributed by atoms with Gasteiger partial charge in [-0.05, 0) is 44.0 Å². The molecular formula is C15H19BrN4. The molecule has 0 aliphatic rings. The maximum atomic E-state index is 4.47. The van der Waals surface area contributed by atoms with Crippen molar-refractivity contribution in [3.63, 3.8) is 0 Å². The number of rotatable bonds is 5. The summed E-state index contributed by atoms with van der Waals surface area (Å²) in [5, 5.41) is 6.53. The van der Waals surface area contributed by atoms with Gasteiger partial charge < -0.3 is 10.6 Å². The minimum atomic E-state index is 0.616. The van der Waals surface area contributed by atoms with Crippen LogP contribution in [0.25, 0.3) is 0 Å². The lowest BCUT2D eigenvalue weighted by atomic mass is 10.2. The Hall–Kier alpha value is -1.62. The van der Waals surface area contributed by atoms with E-state index in [4.69, 9.17) is 0 Å². The summed E-state index contributed by atoms with van der Waals surface area (Å²) >= 11 is 3.50. The summed E-state index contributed by atoms with van der Waals surface area (Å²) in [7, 11) is 0. The van der Waals surface area contributed by atoms with Gasteiger partial charge in [0, 0.05) is 28.5 Å². The molecule has 2 aromatic rings. The van der Waals surface area contributed by atoms with Crippen molar-refractivity contribution in [3.05, 3.63) is 40.0 Å². The summed E-state index contributed by atoms with van der Waals surface area (Å²) < 4.78 is 1.10. The summed E-state index contributed by atoms with van der Waals surface area (Å²) in [6, 6.07) is 8.04. The number of aromatic nitrogens is 2. The van der Waals surface area contributed by atoms with E-state index in [-0.39, 0.29) is 0 Å². The van der Waals surface area contributed by atoms with Crippen LogP contribution in [0, 0.1) is 13.8 Å². The van der Waals surface area contributed by atoms with E-state index in [1.807, 2.05) is 25.1 Å². The summed E-state index contributed by atoms with van der Waals surface area (Å²) in [6.45, 7) is 7.06. The molecule has 5 heteroatoms. The van der Waals surface area contributed by atoms with Crippen LogP contribution < -0.4 is 10.6 Å². The number of nitrogens with zero attached hydrogens (tertiary/aromatic N) is 2.